The summed E-state index contributed by atoms with van der Waals surface area (Å²) in [6.45, 7) is 0.649. The number of thiophene rings is 1. The highest BCUT2D eigenvalue weighted by molar-refractivity contribution is 7.16. The second-order valence-electron chi connectivity index (χ2n) is 6.62. The van der Waals surface area contributed by atoms with Gasteiger partial charge in [-0.25, -0.2) is 4.79 Å². The predicted octanol–water partition coefficient (Wildman–Crippen LogP) is 3.40. The van der Waals surface area contributed by atoms with E-state index in [0.717, 1.165) is 22.4 Å². The fourth-order valence-electron chi connectivity index (χ4n) is 3.53. The molecule has 6 nitrogen and oxygen atoms in total. The van der Waals surface area contributed by atoms with Gasteiger partial charge in [-0.15, -0.1) is 11.3 Å². The maximum atomic E-state index is 12.6. The van der Waals surface area contributed by atoms with Crippen molar-refractivity contribution in [3.8, 4) is 6.07 Å². The maximum Gasteiger partial charge on any atom is 0.407 e. The molecular weight excluding hydrogens is 350 g/mol. The van der Waals surface area contributed by atoms with Crippen molar-refractivity contribution in [3.63, 3.8) is 0 Å². The molecule has 1 aliphatic carbocycles. The minimum Gasteiger partial charge on any atom is -0.465 e. The normalized spacial score (nSPS) is 20.8. The van der Waals surface area contributed by atoms with Crippen LogP contribution in [0.1, 0.15) is 33.9 Å². The fourth-order valence-corrected chi connectivity index (χ4v) is 4.75. The third-order valence-electron chi connectivity index (χ3n) is 5.03. The number of fused-ring (bicyclic) bond motifs is 1. The Balaban J connectivity index is 1.50. The number of amides is 2. The fraction of sp³-hybridized carbons (Fsp3) is 0.316. The lowest BCUT2D eigenvalue weighted by Crippen LogP contribution is -2.34. The number of carboxylic acid groups (broad SMARTS) is 1. The zero-order valence-electron chi connectivity index (χ0n) is 13.9. The summed E-state index contributed by atoms with van der Waals surface area (Å²) in [5.41, 5.74) is 2.52. The summed E-state index contributed by atoms with van der Waals surface area (Å²) in [5, 5.41) is 22.1. The van der Waals surface area contributed by atoms with Crippen LogP contribution in [0, 0.1) is 17.2 Å². The molecule has 1 aromatic heterocycles. The van der Waals surface area contributed by atoms with E-state index in [-0.39, 0.29) is 24.3 Å². The third kappa shape index (κ3) is 2.93. The molecule has 0 bridgehead atoms. The van der Waals surface area contributed by atoms with Gasteiger partial charge in [0, 0.05) is 17.3 Å². The van der Waals surface area contributed by atoms with Gasteiger partial charge in [0.05, 0.1) is 12.1 Å². The number of nitrogens with zero attached hydrogens (tertiary/aromatic N) is 2. The lowest BCUT2D eigenvalue weighted by atomic mass is 10.0. The van der Waals surface area contributed by atoms with Crippen LogP contribution in [0.4, 0.5) is 9.80 Å². The van der Waals surface area contributed by atoms with Gasteiger partial charge >= 0.3 is 6.09 Å². The van der Waals surface area contributed by atoms with Gasteiger partial charge in [-0.1, -0.05) is 30.3 Å². The van der Waals surface area contributed by atoms with E-state index in [2.05, 4.69) is 11.4 Å². The highest BCUT2D eigenvalue weighted by atomic mass is 32.1. The molecule has 1 aromatic carbocycles. The predicted molar refractivity (Wildman–Crippen MR) is 97.1 cm³/mol. The molecule has 26 heavy (non-hydrogen) atoms. The number of anilines is 1. The van der Waals surface area contributed by atoms with Crippen molar-refractivity contribution in [3.05, 3.63) is 51.9 Å². The first kappa shape index (κ1) is 16.6. The Hall–Kier alpha value is -2.85. The van der Waals surface area contributed by atoms with E-state index >= 15 is 0 Å². The molecule has 0 radical (unpaired) electrons. The van der Waals surface area contributed by atoms with E-state index in [9.17, 15) is 14.9 Å². The molecule has 1 aliphatic heterocycles. The highest BCUT2D eigenvalue weighted by Crippen LogP contribution is 2.48. The standard InChI is InChI=1S/C19H17N3O3S/c20-9-15-12-6-7-22(19(24)25)10-16(12)26-18(15)21-17(23)14-8-13(14)11-4-2-1-3-5-11/h1-5,13-14H,6-8,10H2,(H,21,23)(H,24,25). The van der Waals surface area contributed by atoms with Crippen LogP contribution in [0.25, 0.3) is 0 Å². The first-order valence-electron chi connectivity index (χ1n) is 8.46. The van der Waals surface area contributed by atoms with Crippen LogP contribution in [-0.4, -0.2) is 28.6 Å². The average molecular weight is 367 g/mol. The molecule has 4 rings (SSSR count). The molecule has 2 unspecified atom stereocenters. The van der Waals surface area contributed by atoms with E-state index in [0.29, 0.717) is 23.5 Å². The zero-order valence-corrected chi connectivity index (χ0v) is 14.8. The van der Waals surface area contributed by atoms with Crippen molar-refractivity contribution in [2.75, 3.05) is 11.9 Å². The summed E-state index contributed by atoms with van der Waals surface area (Å²) in [6, 6.07) is 12.1. The summed E-state index contributed by atoms with van der Waals surface area (Å²) in [5.74, 6) is 0.0986. The number of nitrogens with one attached hydrogen (secondary N) is 1. The van der Waals surface area contributed by atoms with Crippen LogP contribution in [0.15, 0.2) is 30.3 Å². The summed E-state index contributed by atoms with van der Waals surface area (Å²) >= 11 is 1.32. The average Bonchev–Trinajstić information content (AvgIpc) is 3.38. The summed E-state index contributed by atoms with van der Waals surface area (Å²) < 4.78 is 0. The minimum atomic E-state index is -0.961. The molecule has 2 aromatic rings. The lowest BCUT2D eigenvalue weighted by Gasteiger charge is -2.23. The summed E-state index contributed by atoms with van der Waals surface area (Å²) in [4.78, 5) is 25.9. The highest BCUT2D eigenvalue weighted by Gasteiger charge is 2.44. The number of carbonyl (C=O) groups excluding carboxylic acids is 1. The van der Waals surface area contributed by atoms with Gasteiger partial charge in [0.1, 0.15) is 11.1 Å². The molecule has 2 atom stereocenters. The number of hydrogen-bond donors (Lipinski definition) is 2. The second-order valence-corrected chi connectivity index (χ2v) is 7.73. The van der Waals surface area contributed by atoms with Crippen molar-refractivity contribution in [1.29, 1.82) is 5.26 Å². The molecule has 0 spiro atoms. The molecule has 132 valence electrons. The number of hydrogen-bond acceptors (Lipinski definition) is 4. The van der Waals surface area contributed by atoms with Crippen LogP contribution >= 0.6 is 11.3 Å². The number of rotatable bonds is 3. The zero-order chi connectivity index (χ0) is 18.3. The van der Waals surface area contributed by atoms with Crippen LogP contribution in [0.2, 0.25) is 0 Å². The lowest BCUT2D eigenvalue weighted by molar-refractivity contribution is -0.117. The largest absolute Gasteiger partial charge is 0.465 e. The van der Waals surface area contributed by atoms with Gasteiger partial charge in [0.25, 0.3) is 0 Å². The molecule has 2 amide bonds. The topological polar surface area (TPSA) is 93.4 Å². The Morgan fingerprint density at radius 2 is 2.08 bits per heavy atom. The Labute approximate surface area is 154 Å². The first-order valence-corrected chi connectivity index (χ1v) is 9.28. The Morgan fingerprint density at radius 3 is 2.77 bits per heavy atom. The molecular formula is C19H17N3O3S. The number of nitriles is 1. The monoisotopic (exact) mass is 367 g/mol. The van der Waals surface area contributed by atoms with E-state index in [4.69, 9.17) is 5.11 Å². The van der Waals surface area contributed by atoms with Crippen molar-refractivity contribution in [2.45, 2.75) is 25.3 Å². The molecule has 1 saturated carbocycles. The Bertz CT molecular complexity index is 916. The number of carbonyl (C=O) groups is 2. The van der Waals surface area contributed by atoms with Crippen LogP contribution in [0.3, 0.4) is 0 Å². The summed E-state index contributed by atoms with van der Waals surface area (Å²) in [7, 11) is 0. The van der Waals surface area contributed by atoms with Crippen molar-refractivity contribution in [2.24, 2.45) is 5.92 Å². The van der Waals surface area contributed by atoms with Crippen molar-refractivity contribution >= 4 is 28.3 Å². The Morgan fingerprint density at radius 1 is 1.31 bits per heavy atom. The SMILES string of the molecule is N#Cc1c(NC(=O)C2CC2c2ccccc2)sc2c1CCN(C(=O)O)C2. The molecule has 2 aliphatic rings. The van der Waals surface area contributed by atoms with E-state index in [1.807, 2.05) is 30.3 Å². The molecule has 0 saturated heterocycles. The van der Waals surface area contributed by atoms with Gasteiger partial charge < -0.3 is 15.3 Å². The van der Waals surface area contributed by atoms with Gasteiger partial charge in [-0.05, 0) is 29.9 Å². The smallest absolute Gasteiger partial charge is 0.407 e. The summed E-state index contributed by atoms with van der Waals surface area (Å²) in [6.07, 6.45) is 0.361. The molecule has 1 fully saturated rings. The molecule has 2 N–H and O–H groups in total. The Kier molecular flexibility index (Phi) is 4.13. The maximum absolute atomic E-state index is 12.6. The van der Waals surface area contributed by atoms with Crippen molar-refractivity contribution in [1.82, 2.24) is 4.90 Å². The van der Waals surface area contributed by atoms with Gasteiger partial charge in [0.2, 0.25) is 5.91 Å². The van der Waals surface area contributed by atoms with Crippen LogP contribution < -0.4 is 5.32 Å². The quantitative estimate of drug-likeness (QED) is 0.869. The van der Waals surface area contributed by atoms with Gasteiger partial charge in [-0.3, -0.25) is 4.79 Å². The minimum absolute atomic E-state index is 0.0657. The second kappa shape index (κ2) is 6.46. The number of benzene rings is 1. The van der Waals surface area contributed by atoms with Gasteiger partial charge in [0.15, 0.2) is 0 Å². The van der Waals surface area contributed by atoms with E-state index in [1.54, 1.807) is 0 Å². The van der Waals surface area contributed by atoms with Crippen LogP contribution in [-0.2, 0) is 17.8 Å². The molecule has 7 heteroatoms. The van der Waals surface area contributed by atoms with Crippen LogP contribution in [0.5, 0.6) is 0 Å². The third-order valence-corrected chi connectivity index (χ3v) is 6.16. The van der Waals surface area contributed by atoms with E-state index < -0.39 is 6.09 Å². The van der Waals surface area contributed by atoms with Crippen molar-refractivity contribution < 1.29 is 14.7 Å². The van der Waals surface area contributed by atoms with Gasteiger partial charge in [-0.2, -0.15) is 5.26 Å². The van der Waals surface area contributed by atoms with E-state index in [1.165, 1.54) is 16.2 Å². The first-order chi connectivity index (χ1) is 12.6. The molecule has 2 heterocycles.